The molecular weight excluding hydrogens is 700 g/mol. The summed E-state index contributed by atoms with van der Waals surface area (Å²) in [5, 5.41) is 3.11. The second-order valence-electron chi connectivity index (χ2n) is 16.3. The lowest BCUT2D eigenvalue weighted by Crippen LogP contribution is -2.65. The van der Waals surface area contributed by atoms with Gasteiger partial charge in [-0.05, 0) is 104 Å². The Morgan fingerprint density at radius 2 is 1.46 bits per heavy atom. The van der Waals surface area contributed by atoms with Crippen molar-refractivity contribution >= 4 is 24.2 Å². The number of amides is 1. The Morgan fingerprint density at radius 3 is 2.09 bits per heavy atom. The molecule has 14 nitrogen and oxygen atoms in total. The third kappa shape index (κ3) is 8.80. The lowest BCUT2D eigenvalue weighted by Gasteiger charge is -2.65. The summed E-state index contributed by atoms with van der Waals surface area (Å²) in [6, 6.07) is 9.21. The third-order valence-electron chi connectivity index (χ3n) is 11.4. The van der Waals surface area contributed by atoms with Gasteiger partial charge in [0.15, 0.2) is 23.0 Å². The Balaban J connectivity index is 0.956. The lowest BCUT2D eigenvalue weighted by molar-refractivity contribution is -0.168. The molecule has 294 valence electrons. The van der Waals surface area contributed by atoms with Crippen LogP contribution in [0.25, 0.3) is 0 Å². The van der Waals surface area contributed by atoms with E-state index in [0.717, 1.165) is 30.4 Å². The van der Waals surface area contributed by atoms with E-state index >= 15 is 0 Å². The molecule has 2 aromatic carbocycles. The van der Waals surface area contributed by atoms with Crippen molar-refractivity contribution in [2.24, 2.45) is 34.3 Å². The summed E-state index contributed by atoms with van der Waals surface area (Å²) in [6.45, 7) is 5.78. The summed E-state index contributed by atoms with van der Waals surface area (Å²) < 4.78 is 42.7. The smallest absolute Gasteiger partial charge is 0.493 e. The molecule has 4 aliphatic carbocycles. The number of alkyl carbamates (subject to hydrolysis) is 1. The fraction of sp³-hybridized carbons (Fsp3) is 0.600. The van der Waals surface area contributed by atoms with Crippen molar-refractivity contribution < 1.29 is 57.1 Å². The van der Waals surface area contributed by atoms with Gasteiger partial charge in [-0.3, -0.25) is 9.59 Å². The van der Waals surface area contributed by atoms with Gasteiger partial charge in [-0.1, -0.05) is 26.0 Å². The molecule has 0 spiro atoms. The average Bonchev–Trinajstić information content (AvgIpc) is 3.42. The van der Waals surface area contributed by atoms with Gasteiger partial charge in [0.25, 0.3) is 0 Å². The average molecular weight is 753 g/mol. The maximum absolute atomic E-state index is 12.9. The molecule has 3 unspecified atom stereocenters. The highest BCUT2D eigenvalue weighted by Gasteiger charge is 2.60. The Kier molecular flexibility index (Phi) is 11.2. The van der Waals surface area contributed by atoms with E-state index in [1.807, 2.05) is 18.2 Å². The van der Waals surface area contributed by atoms with Gasteiger partial charge < -0.3 is 48.9 Å². The number of benzene rings is 2. The SMILES string of the molecule is COc1ccc(C[C@H]2COC(=O)[C@@H]2Cc2ccc(OC(=O)OC[C@H](N)C(=O)OC(C)OC(=O)NC34CC5CC(C)(CC(C)(C5)C3)C4)c(OC)c2)cc1OC. The zero-order valence-corrected chi connectivity index (χ0v) is 31.9. The number of ether oxygens (including phenoxy) is 8. The molecule has 4 bridgehead atoms. The third-order valence-corrected chi connectivity index (χ3v) is 11.4. The summed E-state index contributed by atoms with van der Waals surface area (Å²) in [7, 11) is 4.56. The molecule has 6 atom stereocenters. The molecule has 14 heteroatoms. The lowest BCUT2D eigenvalue weighted by atomic mass is 9.43. The predicted octanol–water partition coefficient (Wildman–Crippen LogP) is 5.49. The van der Waals surface area contributed by atoms with Gasteiger partial charge in [0.2, 0.25) is 6.29 Å². The number of carbonyl (C=O) groups is 4. The highest BCUT2D eigenvalue weighted by molar-refractivity contribution is 5.77. The highest BCUT2D eigenvalue weighted by atomic mass is 16.7. The molecule has 1 amide bonds. The molecule has 5 fully saturated rings. The standard InChI is InChI=1S/C40H52N2O12/c1-23(53-36(45)42-40-17-26-15-38(2,21-40)20-39(3,16-26)22-40)52-35(44)29(41)19-51-37(46)54-31-10-8-25(14-33(31)49-6)12-28-27(18-50-34(28)43)11-24-7-9-30(47-4)32(13-24)48-5/h7-10,13-14,23,26-29H,11-12,15-22,41H2,1-6H3,(H,42,45)/t23?,26?,27-,28+,29-,38?,39?,40?/m0/s1. The van der Waals surface area contributed by atoms with Crippen molar-refractivity contribution in [2.75, 3.05) is 34.5 Å². The van der Waals surface area contributed by atoms with Gasteiger partial charge in [-0.2, -0.15) is 0 Å². The maximum Gasteiger partial charge on any atom is 0.514 e. The van der Waals surface area contributed by atoms with Crippen LogP contribution < -0.4 is 30.0 Å². The Morgan fingerprint density at radius 1 is 0.852 bits per heavy atom. The molecule has 5 aliphatic rings. The van der Waals surface area contributed by atoms with Crippen LogP contribution in [0.1, 0.15) is 70.4 Å². The van der Waals surface area contributed by atoms with Gasteiger partial charge >= 0.3 is 24.2 Å². The molecule has 0 aromatic heterocycles. The number of hydrogen-bond acceptors (Lipinski definition) is 13. The number of cyclic esters (lactones) is 1. The monoisotopic (exact) mass is 752 g/mol. The minimum atomic E-state index is -1.36. The van der Waals surface area contributed by atoms with Crippen LogP contribution in [-0.4, -0.2) is 76.6 Å². The summed E-state index contributed by atoms with van der Waals surface area (Å²) in [6.07, 6.45) is 4.27. The first kappa shape index (κ1) is 39.0. The maximum atomic E-state index is 12.9. The molecule has 4 saturated carbocycles. The van der Waals surface area contributed by atoms with Crippen molar-refractivity contribution in [3.63, 3.8) is 0 Å². The van der Waals surface area contributed by atoms with E-state index in [4.69, 9.17) is 43.6 Å². The summed E-state index contributed by atoms with van der Waals surface area (Å²) >= 11 is 0. The van der Waals surface area contributed by atoms with E-state index in [9.17, 15) is 19.2 Å². The fourth-order valence-electron chi connectivity index (χ4n) is 10.1. The van der Waals surface area contributed by atoms with E-state index < -0.39 is 43.1 Å². The van der Waals surface area contributed by atoms with E-state index in [-0.39, 0.29) is 39.8 Å². The normalized spacial score (nSPS) is 29.0. The van der Waals surface area contributed by atoms with Gasteiger partial charge in [0.1, 0.15) is 12.6 Å². The van der Waals surface area contributed by atoms with Gasteiger partial charge in [-0.15, -0.1) is 0 Å². The first-order chi connectivity index (χ1) is 25.6. The van der Waals surface area contributed by atoms with Crippen LogP contribution in [0.2, 0.25) is 0 Å². The van der Waals surface area contributed by atoms with Crippen LogP contribution in [0.3, 0.4) is 0 Å². The van der Waals surface area contributed by atoms with Crippen LogP contribution >= 0.6 is 0 Å². The quantitative estimate of drug-likeness (QED) is 0.107. The van der Waals surface area contributed by atoms with Crippen molar-refractivity contribution in [1.82, 2.24) is 5.32 Å². The number of nitrogens with one attached hydrogen (secondary N) is 1. The van der Waals surface area contributed by atoms with Crippen molar-refractivity contribution in [2.45, 2.75) is 90.0 Å². The van der Waals surface area contributed by atoms with Gasteiger partial charge in [-0.25, -0.2) is 9.59 Å². The van der Waals surface area contributed by atoms with E-state index in [1.54, 1.807) is 26.4 Å². The highest BCUT2D eigenvalue weighted by Crippen LogP contribution is 2.66. The largest absolute Gasteiger partial charge is 0.514 e. The van der Waals surface area contributed by atoms with Crippen LogP contribution in [-0.2, 0) is 41.4 Å². The summed E-state index contributed by atoms with van der Waals surface area (Å²) in [4.78, 5) is 50.8. The Hall–Kier alpha value is -4.72. The number of carbonyl (C=O) groups excluding carboxylic acids is 4. The molecule has 3 N–H and O–H groups in total. The molecule has 1 saturated heterocycles. The van der Waals surface area contributed by atoms with Gasteiger partial charge in [0.05, 0.1) is 33.9 Å². The van der Waals surface area contributed by atoms with Crippen molar-refractivity contribution in [3.05, 3.63) is 47.5 Å². The molecule has 7 rings (SSSR count). The Labute approximate surface area is 315 Å². The molecular formula is C40H52N2O12. The first-order valence-corrected chi connectivity index (χ1v) is 18.5. The van der Waals surface area contributed by atoms with Crippen molar-refractivity contribution in [1.29, 1.82) is 0 Å². The zero-order valence-electron chi connectivity index (χ0n) is 31.9. The van der Waals surface area contributed by atoms with Crippen molar-refractivity contribution in [3.8, 4) is 23.0 Å². The molecule has 1 aliphatic heterocycles. The molecule has 1 heterocycles. The summed E-state index contributed by atoms with van der Waals surface area (Å²) in [5.74, 6) is 0.411. The van der Waals surface area contributed by atoms with Crippen LogP contribution in [0.15, 0.2) is 36.4 Å². The van der Waals surface area contributed by atoms with Gasteiger partial charge in [0, 0.05) is 18.4 Å². The first-order valence-electron chi connectivity index (χ1n) is 18.5. The number of nitrogens with two attached hydrogens (primary N) is 1. The number of hydrogen-bond donors (Lipinski definition) is 2. The second kappa shape index (κ2) is 15.6. The number of methoxy groups -OCH3 is 3. The Bertz CT molecular complexity index is 1730. The van der Waals surface area contributed by atoms with E-state index in [1.165, 1.54) is 39.4 Å². The number of rotatable bonds is 14. The minimum Gasteiger partial charge on any atom is -0.493 e. The topological polar surface area (TPSA) is 180 Å². The van der Waals surface area contributed by atoms with E-state index in [0.29, 0.717) is 36.9 Å². The molecule has 2 aromatic rings. The van der Waals surface area contributed by atoms with Crippen LogP contribution in [0.5, 0.6) is 23.0 Å². The zero-order chi connectivity index (χ0) is 38.8. The summed E-state index contributed by atoms with van der Waals surface area (Å²) in [5.41, 5.74) is 7.75. The predicted molar refractivity (Wildman–Crippen MR) is 193 cm³/mol. The fourth-order valence-corrected chi connectivity index (χ4v) is 10.1. The van der Waals surface area contributed by atoms with Crippen LogP contribution in [0.4, 0.5) is 9.59 Å². The number of esters is 2. The molecule has 0 radical (unpaired) electrons. The van der Waals surface area contributed by atoms with Crippen LogP contribution in [0, 0.1) is 28.6 Å². The molecule has 54 heavy (non-hydrogen) atoms. The van der Waals surface area contributed by atoms with E-state index in [2.05, 4.69) is 19.2 Å². The second-order valence-corrected chi connectivity index (χ2v) is 16.3. The minimum absolute atomic E-state index is 0.0633.